The van der Waals surface area contributed by atoms with Gasteiger partial charge in [0.2, 0.25) is 0 Å². The number of guanidine groups is 1. The summed E-state index contributed by atoms with van der Waals surface area (Å²) in [4.78, 5) is 4.48. The van der Waals surface area contributed by atoms with E-state index in [0.29, 0.717) is 5.69 Å². The van der Waals surface area contributed by atoms with Crippen LogP contribution in [-0.2, 0) is 12.8 Å². The molecule has 0 aromatic heterocycles. The van der Waals surface area contributed by atoms with E-state index in [1.165, 1.54) is 16.5 Å². The van der Waals surface area contributed by atoms with Crippen LogP contribution >= 0.6 is 0 Å². The molecule has 5 rings (SSSR count). The molecule has 4 aromatic carbocycles. The largest absolute Gasteiger partial charge is 0.506 e. The predicted octanol–water partition coefficient (Wildman–Crippen LogP) is 4.86. The monoisotopic (exact) mass is 353 g/mol. The molecule has 4 N–H and O–H groups in total. The van der Waals surface area contributed by atoms with Gasteiger partial charge >= 0.3 is 0 Å². The molecule has 0 saturated carbocycles. The first-order chi connectivity index (χ1) is 13.2. The second-order valence-corrected chi connectivity index (χ2v) is 6.89. The van der Waals surface area contributed by atoms with Crippen molar-refractivity contribution < 1.29 is 5.11 Å². The molecule has 27 heavy (non-hydrogen) atoms. The van der Waals surface area contributed by atoms with Crippen LogP contribution in [0.4, 0.5) is 11.4 Å². The number of aromatic hydroxyl groups is 1. The van der Waals surface area contributed by atoms with Gasteiger partial charge in [-0.05, 0) is 46.9 Å². The van der Waals surface area contributed by atoms with Gasteiger partial charge in [0.25, 0.3) is 0 Å². The van der Waals surface area contributed by atoms with E-state index >= 15 is 0 Å². The normalized spacial score (nSPS) is 13.4. The molecular weight excluding hydrogens is 334 g/mol. The van der Waals surface area contributed by atoms with Crippen molar-refractivity contribution in [3.8, 4) is 5.75 Å². The molecule has 0 saturated heterocycles. The lowest BCUT2D eigenvalue weighted by atomic mass is 10.0. The Morgan fingerprint density at radius 3 is 2.52 bits per heavy atom. The lowest BCUT2D eigenvalue weighted by molar-refractivity contribution is 0.477. The number of benzene rings is 4. The summed E-state index contributed by atoms with van der Waals surface area (Å²) in [6.45, 7) is 0. The fourth-order valence-electron chi connectivity index (χ4n) is 4.00. The fourth-order valence-corrected chi connectivity index (χ4v) is 4.00. The molecule has 0 amide bonds. The molecular formula is C23H19N3O. The van der Waals surface area contributed by atoms with Gasteiger partial charge in [0.05, 0.1) is 0 Å². The van der Waals surface area contributed by atoms with E-state index in [1.54, 1.807) is 6.07 Å². The van der Waals surface area contributed by atoms with Crippen LogP contribution in [0.3, 0.4) is 0 Å². The zero-order valence-electron chi connectivity index (χ0n) is 14.7. The summed E-state index contributed by atoms with van der Waals surface area (Å²) in [5.74, 6) is 0.360. The highest BCUT2D eigenvalue weighted by atomic mass is 16.3. The number of aryl methyl sites for hydroxylation is 2. The zero-order valence-corrected chi connectivity index (χ0v) is 14.7. The summed E-state index contributed by atoms with van der Waals surface area (Å²) < 4.78 is 0. The Kier molecular flexibility index (Phi) is 3.50. The molecule has 0 fully saturated rings. The first kappa shape index (κ1) is 15.7. The van der Waals surface area contributed by atoms with Gasteiger partial charge in [-0.3, -0.25) is 0 Å². The van der Waals surface area contributed by atoms with Gasteiger partial charge in [0, 0.05) is 16.5 Å². The third-order valence-electron chi connectivity index (χ3n) is 5.25. The summed E-state index contributed by atoms with van der Waals surface area (Å²) in [6.07, 6.45) is 2.17. The van der Waals surface area contributed by atoms with Crippen LogP contribution in [-0.4, -0.2) is 11.1 Å². The highest BCUT2D eigenvalue weighted by molar-refractivity contribution is 6.07. The van der Waals surface area contributed by atoms with Crippen molar-refractivity contribution in [2.45, 2.75) is 12.8 Å². The van der Waals surface area contributed by atoms with E-state index in [9.17, 15) is 5.11 Å². The van der Waals surface area contributed by atoms with Crippen molar-refractivity contribution in [3.63, 3.8) is 0 Å². The predicted molar refractivity (Wildman–Crippen MR) is 112 cm³/mol. The number of phenols is 1. The van der Waals surface area contributed by atoms with Gasteiger partial charge in [-0.25, -0.2) is 4.99 Å². The molecule has 1 aliphatic rings. The second-order valence-electron chi connectivity index (χ2n) is 6.89. The summed E-state index contributed by atoms with van der Waals surface area (Å²) >= 11 is 0. The zero-order chi connectivity index (χ0) is 18.4. The highest BCUT2D eigenvalue weighted by Crippen LogP contribution is 2.36. The van der Waals surface area contributed by atoms with Crippen LogP contribution in [0.25, 0.3) is 21.5 Å². The number of nitrogens with zero attached hydrogens (tertiary/aromatic N) is 1. The van der Waals surface area contributed by atoms with Crippen molar-refractivity contribution >= 4 is 38.9 Å². The number of nitrogens with two attached hydrogens (primary N) is 1. The maximum Gasteiger partial charge on any atom is 0.198 e. The van der Waals surface area contributed by atoms with Crippen LogP contribution < -0.4 is 11.1 Å². The Bertz CT molecular complexity index is 1220. The molecule has 0 bridgehead atoms. The first-order valence-electron chi connectivity index (χ1n) is 9.06. The SMILES string of the molecule is NC(=Nc1c(O)ccc2ccccc12)Nc1ccc2c3c(cccc13)CC2. The summed E-state index contributed by atoms with van der Waals surface area (Å²) in [5, 5.41) is 17.9. The fraction of sp³-hybridized carbons (Fsp3) is 0.0870. The number of hydrogen-bond acceptors (Lipinski definition) is 2. The van der Waals surface area contributed by atoms with Gasteiger partial charge in [-0.15, -0.1) is 0 Å². The highest BCUT2D eigenvalue weighted by Gasteiger charge is 2.16. The number of rotatable bonds is 2. The quantitative estimate of drug-likeness (QED) is 0.356. The standard InChI is InChI=1S/C23H19N3O/c24-23(26-22-17-6-2-1-4-14(17)11-13-20(22)27)25-19-12-10-16-9-8-15-5-3-7-18(19)21(15)16/h1-7,10-13,27H,8-9H2,(H3,24,25,26). The summed E-state index contributed by atoms with van der Waals surface area (Å²) in [5.41, 5.74) is 10.4. The van der Waals surface area contributed by atoms with Crippen molar-refractivity contribution in [2.24, 2.45) is 10.7 Å². The van der Waals surface area contributed by atoms with Gasteiger partial charge in [-0.2, -0.15) is 0 Å². The number of hydrogen-bond donors (Lipinski definition) is 3. The number of nitrogens with one attached hydrogen (secondary N) is 1. The third kappa shape index (κ3) is 2.57. The summed E-state index contributed by atoms with van der Waals surface area (Å²) in [6, 6.07) is 21.9. The molecule has 4 aromatic rings. The van der Waals surface area contributed by atoms with Crippen molar-refractivity contribution in [1.29, 1.82) is 0 Å². The lowest BCUT2D eigenvalue weighted by Crippen LogP contribution is -2.22. The van der Waals surface area contributed by atoms with Gasteiger partial charge in [0.1, 0.15) is 11.4 Å². The van der Waals surface area contributed by atoms with Gasteiger partial charge in [0.15, 0.2) is 5.96 Å². The maximum absolute atomic E-state index is 10.3. The van der Waals surface area contributed by atoms with Crippen molar-refractivity contribution in [2.75, 3.05) is 5.32 Å². The maximum atomic E-state index is 10.3. The first-order valence-corrected chi connectivity index (χ1v) is 9.06. The smallest absolute Gasteiger partial charge is 0.198 e. The molecule has 0 spiro atoms. The summed E-state index contributed by atoms with van der Waals surface area (Å²) in [7, 11) is 0. The number of phenolic OH excluding ortho intramolecular Hbond substituents is 1. The average Bonchev–Trinajstić information content (AvgIpc) is 3.11. The van der Waals surface area contributed by atoms with Crippen LogP contribution in [0.15, 0.2) is 71.7 Å². The molecule has 0 radical (unpaired) electrons. The van der Waals surface area contributed by atoms with E-state index in [2.05, 4.69) is 40.6 Å². The number of anilines is 1. The van der Waals surface area contributed by atoms with Crippen LogP contribution in [0.2, 0.25) is 0 Å². The van der Waals surface area contributed by atoms with E-state index in [4.69, 9.17) is 5.73 Å². The number of fused-ring (bicyclic) bond motifs is 1. The van der Waals surface area contributed by atoms with E-state index in [1.807, 2.05) is 30.3 Å². The van der Waals surface area contributed by atoms with Crippen LogP contribution in [0, 0.1) is 0 Å². The third-order valence-corrected chi connectivity index (χ3v) is 5.25. The minimum atomic E-state index is 0.110. The van der Waals surface area contributed by atoms with Crippen LogP contribution in [0.1, 0.15) is 11.1 Å². The van der Waals surface area contributed by atoms with Crippen molar-refractivity contribution in [3.05, 3.63) is 77.9 Å². The molecule has 4 heteroatoms. The van der Waals surface area contributed by atoms with Crippen LogP contribution in [0.5, 0.6) is 5.75 Å². The van der Waals surface area contributed by atoms with Crippen molar-refractivity contribution in [1.82, 2.24) is 0 Å². The Hall–Kier alpha value is -3.53. The molecule has 0 aliphatic heterocycles. The number of aliphatic imine (C=N–C) groups is 1. The van der Waals surface area contributed by atoms with E-state index in [0.717, 1.165) is 34.7 Å². The average molecular weight is 353 g/mol. The molecule has 0 atom stereocenters. The second kappa shape index (κ2) is 6.02. The molecule has 0 heterocycles. The minimum absolute atomic E-state index is 0.110. The van der Waals surface area contributed by atoms with E-state index in [-0.39, 0.29) is 11.7 Å². The Morgan fingerprint density at radius 2 is 1.63 bits per heavy atom. The Labute approximate surface area is 157 Å². The molecule has 1 aliphatic carbocycles. The van der Waals surface area contributed by atoms with E-state index < -0.39 is 0 Å². The molecule has 0 unspecified atom stereocenters. The molecule has 4 nitrogen and oxygen atoms in total. The van der Waals surface area contributed by atoms with Gasteiger partial charge < -0.3 is 16.2 Å². The molecule has 132 valence electrons. The lowest BCUT2D eigenvalue weighted by Gasteiger charge is -2.12. The Balaban J connectivity index is 1.58. The van der Waals surface area contributed by atoms with Gasteiger partial charge in [-0.1, -0.05) is 54.6 Å². The Morgan fingerprint density at radius 1 is 0.852 bits per heavy atom. The minimum Gasteiger partial charge on any atom is -0.506 e. The topological polar surface area (TPSA) is 70.6 Å².